The first-order chi connectivity index (χ1) is 10.00. The van der Waals surface area contributed by atoms with Gasteiger partial charge in [-0.2, -0.15) is 5.26 Å². The molecule has 1 fully saturated rings. The van der Waals surface area contributed by atoms with E-state index in [1.54, 1.807) is 6.07 Å². The molecule has 1 amide bonds. The van der Waals surface area contributed by atoms with E-state index in [4.69, 9.17) is 10.00 Å². The van der Waals surface area contributed by atoms with Gasteiger partial charge in [-0.1, -0.05) is 0 Å². The van der Waals surface area contributed by atoms with Gasteiger partial charge in [-0.15, -0.1) is 0 Å². The van der Waals surface area contributed by atoms with E-state index in [9.17, 15) is 4.79 Å². The minimum absolute atomic E-state index is 0.0184. The number of ether oxygens (including phenoxy) is 1. The lowest BCUT2D eigenvalue weighted by Gasteiger charge is -2.43. The monoisotopic (exact) mass is 284 g/mol. The van der Waals surface area contributed by atoms with Gasteiger partial charge in [0.1, 0.15) is 11.4 Å². The molecule has 0 bridgehead atoms. The second-order valence-electron chi connectivity index (χ2n) is 6.49. The molecule has 4 heteroatoms. The third-order valence-electron chi connectivity index (χ3n) is 4.31. The summed E-state index contributed by atoms with van der Waals surface area (Å²) in [6.45, 7) is 4.90. The highest BCUT2D eigenvalue weighted by atomic mass is 16.5. The Balaban J connectivity index is 2.04. The van der Waals surface area contributed by atoms with E-state index in [-0.39, 0.29) is 17.6 Å². The van der Waals surface area contributed by atoms with Crippen molar-refractivity contribution in [3.8, 4) is 11.8 Å². The van der Waals surface area contributed by atoms with Crippen molar-refractivity contribution in [2.24, 2.45) is 0 Å². The second-order valence-corrected chi connectivity index (χ2v) is 6.49. The summed E-state index contributed by atoms with van der Waals surface area (Å²) in [6.07, 6.45) is 3.43. The molecule has 1 aromatic carbocycles. The number of piperidine rings is 1. The number of nitrogens with zero attached hydrogens (tertiary/aromatic N) is 2. The number of carbonyl (C=O) groups excluding carboxylic acids is 1. The summed E-state index contributed by atoms with van der Waals surface area (Å²) in [5.41, 5.74) is 1.29. The lowest BCUT2D eigenvalue weighted by Crippen LogP contribution is -2.45. The summed E-state index contributed by atoms with van der Waals surface area (Å²) in [4.78, 5) is 14.3. The molecule has 0 saturated carbocycles. The number of benzene rings is 1. The molecule has 0 spiro atoms. The molecule has 0 aromatic heterocycles. The van der Waals surface area contributed by atoms with Crippen molar-refractivity contribution in [2.45, 2.75) is 51.2 Å². The fraction of sp³-hybridized carbons (Fsp3) is 0.529. The fourth-order valence-corrected chi connectivity index (χ4v) is 3.32. The minimum atomic E-state index is -0.302. The zero-order valence-corrected chi connectivity index (χ0v) is 12.6. The summed E-state index contributed by atoms with van der Waals surface area (Å²) in [7, 11) is 0. The Hall–Kier alpha value is -2.02. The largest absolute Gasteiger partial charge is 0.487 e. The van der Waals surface area contributed by atoms with Crippen molar-refractivity contribution in [3.05, 3.63) is 29.3 Å². The topological polar surface area (TPSA) is 53.3 Å². The Labute approximate surface area is 125 Å². The molecule has 4 nitrogen and oxygen atoms in total. The van der Waals surface area contributed by atoms with Gasteiger partial charge in [-0.05, 0) is 44.9 Å². The van der Waals surface area contributed by atoms with E-state index in [1.807, 2.05) is 17.0 Å². The highest BCUT2D eigenvalue weighted by molar-refractivity contribution is 5.77. The Kier molecular flexibility index (Phi) is 3.36. The number of hydrogen-bond acceptors (Lipinski definition) is 3. The highest BCUT2D eigenvalue weighted by Gasteiger charge is 2.39. The van der Waals surface area contributed by atoms with Gasteiger partial charge in [-0.25, -0.2) is 0 Å². The molecule has 1 aromatic rings. The number of rotatable bonds is 1. The van der Waals surface area contributed by atoms with Crippen molar-refractivity contribution in [1.29, 1.82) is 5.26 Å². The molecular formula is C17H20N2O2. The Bertz CT molecular complexity index is 616. The SMILES string of the molecule is CC1(C)CC(N2CCCCC2=O)c2cc(C#N)ccc2O1. The molecule has 1 unspecified atom stereocenters. The van der Waals surface area contributed by atoms with Crippen LogP contribution in [0.2, 0.25) is 0 Å². The molecule has 0 N–H and O–H groups in total. The predicted octanol–water partition coefficient (Wildman–Crippen LogP) is 3.17. The van der Waals surface area contributed by atoms with Gasteiger partial charge in [-0.3, -0.25) is 4.79 Å². The number of carbonyl (C=O) groups is 1. The number of likely N-dealkylation sites (tertiary alicyclic amines) is 1. The van der Waals surface area contributed by atoms with E-state index in [1.165, 1.54) is 0 Å². The van der Waals surface area contributed by atoms with Crippen LogP contribution in [0.15, 0.2) is 18.2 Å². The van der Waals surface area contributed by atoms with Gasteiger partial charge in [0.25, 0.3) is 0 Å². The van der Waals surface area contributed by atoms with E-state index >= 15 is 0 Å². The van der Waals surface area contributed by atoms with Crippen LogP contribution in [0.5, 0.6) is 5.75 Å². The lowest BCUT2D eigenvalue weighted by atomic mass is 9.87. The molecule has 0 radical (unpaired) electrons. The number of nitriles is 1. The molecule has 1 saturated heterocycles. The highest BCUT2D eigenvalue weighted by Crippen LogP contribution is 2.43. The summed E-state index contributed by atoms with van der Waals surface area (Å²) in [5.74, 6) is 1.02. The van der Waals surface area contributed by atoms with Crippen molar-refractivity contribution >= 4 is 5.91 Å². The van der Waals surface area contributed by atoms with Crippen molar-refractivity contribution in [3.63, 3.8) is 0 Å². The molecular weight excluding hydrogens is 264 g/mol. The molecule has 1 atom stereocenters. The van der Waals surface area contributed by atoms with Crippen LogP contribution in [0.3, 0.4) is 0 Å². The van der Waals surface area contributed by atoms with Crippen LogP contribution in [0, 0.1) is 11.3 Å². The zero-order valence-electron chi connectivity index (χ0n) is 12.6. The molecule has 0 aliphatic carbocycles. The van der Waals surface area contributed by atoms with E-state index in [0.717, 1.165) is 37.1 Å². The smallest absolute Gasteiger partial charge is 0.223 e. The molecule has 3 rings (SSSR count). The van der Waals surface area contributed by atoms with E-state index < -0.39 is 0 Å². The normalized spacial score (nSPS) is 24.0. The number of hydrogen-bond donors (Lipinski definition) is 0. The van der Waals surface area contributed by atoms with Gasteiger partial charge in [0.05, 0.1) is 17.7 Å². The molecule has 2 heterocycles. The van der Waals surface area contributed by atoms with Gasteiger partial charge in [0.2, 0.25) is 5.91 Å². The van der Waals surface area contributed by atoms with Crippen LogP contribution in [0.4, 0.5) is 0 Å². The maximum atomic E-state index is 12.3. The number of amides is 1. The van der Waals surface area contributed by atoms with Gasteiger partial charge < -0.3 is 9.64 Å². The third kappa shape index (κ3) is 2.61. The first-order valence-electron chi connectivity index (χ1n) is 7.53. The average molecular weight is 284 g/mol. The maximum absolute atomic E-state index is 12.3. The Morgan fingerprint density at radius 3 is 2.90 bits per heavy atom. The Morgan fingerprint density at radius 2 is 2.19 bits per heavy atom. The minimum Gasteiger partial charge on any atom is -0.487 e. The maximum Gasteiger partial charge on any atom is 0.223 e. The van der Waals surface area contributed by atoms with Gasteiger partial charge in [0.15, 0.2) is 0 Å². The molecule has 110 valence electrons. The Morgan fingerprint density at radius 1 is 1.38 bits per heavy atom. The molecule has 21 heavy (non-hydrogen) atoms. The van der Waals surface area contributed by atoms with Crippen LogP contribution in [-0.4, -0.2) is 23.0 Å². The predicted molar refractivity (Wildman–Crippen MR) is 78.8 cm³/mol. The molecule has 2 aliphatic rings. The van der Waals surface area contributed by atoms with Crippen LogP contribution in [0.1, 0.15) is 56.7 Å². The summed E-state index contributed by atoms with van der Waals surface area (Å²) >= 11 is 0. The quantitative estimate of drug-likeness (QED) is 0.796. The zero-order chi connectivity index (χ0) is 15.0. The van der Waals surface area contributed by atoms with Crippen molar-refractivity contribution in [1.82, 2.24) is 4.90 Å². The second kappa shape index (κ2) is 5.07. The van der Waals surface area contributed by atoms with Crippen LogP contribution >= 0.6 is 0 Å². The van der Waals surface area contributed by atoms with E-state index in [0.29, 0.717) is 12.0 Å². The van der Waals surface area contributed by atoms with E-state index in [2.05, 4.69) is 19.9 Å². The summed E-state index contributed by atoms with van der Waals surface area (Å²) < 4.78 is 6.03. The van der Waals surface area contributed by atoms with Crippen LogP contribution < -0.4 is 4.74 Å². The van der Waals surface area contributed by atoms with Crippen LogP contribution in [0.25, 0.3) is 0 Å². The lowest BCUT2D eigenvalue weighted by molar-refractivity contribution is -0.137. The van der Waals surface area contributed by atoms with Gasteiger partial charge >= 0.3 is 0 Å². The summed E-state index contributed by atoms with van der Waals surface area (Å²) in [5, 5.41) is 9.12. The van der Waals surface area contributed by atoms with Crippen molar-refractivity contribution in [2.75, 3.05) is 6.54 Å². The first-order valence-corrected chi connectivity index (χ1v) is 7.53. The summed E-state index contributed by atoms with van der Waals surface area (Å²) in [6, 6.07) is 7.69. The third-order valence-corrected chi connectivity index (χ3v) is 4.31. The first kappa shape index (κ1) is 13.9. The fourth-order valence-electron chi connectivity index (χ4n) is 3.32. The number of fused-ring (bicyclic) bond motifs is 1. The van der Waals surface area contributed by atoms with Gasteiger partial charge in [0, 0.05) is 24.9 Å². The van der Waals surface area contributed by atoms with Crippen molar-refractivity contribution < 1.29 is 9.53 Å². The average Bonchev–Trinajstić information content (AvgIpc) is 2.46. The molecule has 2 aliphatic heterocycles. The van der Waals surface area contributed by atoms with Crippen LogP contribution in [-0.2, 0) is 4.79 Å². The standard InChI is InChI=1S/C17H20N2O2/c1-17(2)10-14(19-8-4-3-5-16(19)20)13-9-12(11-18)6-7-15(13)21-17/h6-7,9,14H,3-5,8,10H2,1-2H3.